The van der Waals surface area contributed by atoms with Gasteiger partial charge in [-0.1, -0.05) is 41.9 Å². The summed E-state index contributed by atoms with van der Waals surface area (Å²) in [6.45, 7) is 0. The molecule has 20 heavy (non-hydrogen) atoms. The molecule has 2 aromatic rings. The summed E-state index contributed by atoms with van der Waals surface area (Å²) in [6, 6.07) is 10.8. The summed E-state index contributed by atoms with van der Waals surface area (Å²) >= 11 is 11.7. The molecule has 0 saturated carbocycles. The second-order valence-electron chi connectivity index (χ2n) is 3.98. The molecule has 0 bridgehead atoms. The molecule has 0 aliphatic carbocycles. The van der Waals surface area contributed by atoms with E-state index in [-0.39, 0.29) is 11.6 Å². The molecule has 1 nitrogen and oxygen atoms in total. The largest absolute Gasteiger partial charge is 0.573 e. The molecule has 0 unspecified atom stereocenters. The highest BCUT2D eigenvalue weighted by Crippen LogP contribution is 2.35. The van der Waals surface area contributed by atoms with Gasteiger partial charge < -0.3 is 4.74 Å². The van der Waals surface area contributed by atoms with Crippen LogP contribution in [0.15, 0.2) is 42.5 Å². The average molecular weight is 321 g/mol. The van der Waals surface area contributed by atoms with Crippen molar-refractivity contribution in [3.05, 3.63) is 53.1 Å². The Kier molecular flexibility index (Phi) is 4.45. The van der Waals surface area contributed by atoms with Gasteiger partial charge in [-0.3, -0.25) is 0 Å². The maximum atomic E-state index is 12.4. The van der Waals surface area contributed by atoms with Gasteiger partial charge in [0.05, 0.1) is 0 Å². The predicted octanol–water partition coefficient (Wildman–Crippen LogP) is 5.64. The number of hydrogen-bond donors (Lipinski definition) is 0. The van der Waals surface area contributed by atoms with Crippen LogP contribution in [0, 0.1) is 0 Å². The lowest BCUT2D eigenvalue weighted by Gasteiger charge is -2.13. The summed E-state index contributed by atoms with van der Waals surface area (Å²) in [5.41, 5.74) is 1.56. The van der Waals surface area contributed by atoms with E-state index in [9.17, 15) is 13.2 Å². The zero-order valence-electron chi connectivity index (χ0n) is 10.0. The van der Waals surface area contributed by atoms with Crippen molar-refractivity contribution in [2.75, 3.05) is 0 Å². The molecular formula is C14H9Cl2F3O. The number of halogens is 5. The highest BCUT2D eigenvalue weighted by molar-refractivity contribution is 6.32. The highest BCUT2D eigenvalue weighted by Gasteiger charge is 2.32. The Labute approximate surface area is 123 Å². The molecule has 0 N–H and O–H groups in total. The molecule has 0 heterocycles. The van der Waals surface area contributed by atoms with E-state index in [4.69, 9.17) is 23.2 Å². The number of ether oxygens (including phenoxy) is 1. The smallest absolute Gasteiger partial charge is 0.405 e. The molecule has 0 spiro atoms. The minimum Gasteiger partial charge on any atom is -0.405 e. The Morgan fingerprint density at radius 3 is 2.35 bits per heavy atom. The first-order valence-corrected chi connectivity index (χ1v) is 6.51. The molecule has 0 atom stereocenters. The minimum absolute atomic E-state index is 0.236. The van der Waals surface area contributed by atoms with E-state index < -0.39 is 6.36 Å². The summed E-state index contributed by atoms with van der Waals surface area (Å²) in [6.07, 6.45) is -4.74. The maximum Gasteiger partial charge on any atom is 0.573 e. The zero-order valence-corrected chi connectivity index (χ0v) is 11.6. The van der Waals surface area contributed by atoms with E-state index in [0.29, 0.717) is 21.7 Å². The van der Waals surface area contributed by atoms with Crippen LogP contribution in [0.3, 0.4) is 0 Å². The fourth-order valence-electron chi connectivity index (χ4n) is 1.74. The Morgan fingerprint density at radius 1 is 1.05 bits per heavy atom. The minimum atomic E-state index is -4.74. The van der Waals surface area contributed by atoms with Gasteiger partial charge >= 0.3 is 6.36 Å². The topological polar surface area (TPSA) is 9.23 Å². The number of alkyl halides is 4. The van der Waals surface area contributed by atoms with Crippen LogP contribution >= 0.6 is 23.2 Å². The number of para-hydroxylation sites is 1. The lowest BCUT2D eigenvalue weighted by molar-refractivity contribution is -0.274. The third-order valence-electron chi connectivity index (χ3n) is 2.62. The van der Waals surface area contributed by atoms with Crippen molar-refractivity contribution in [1.29, 1.82) is 0 Å². The normalized spacial score (nSPS) is 11.4. The van der Waals surface area contributed by atoms with Gasteiger partial charge in [0.15, 0.2) is 0 Å². The van der Waals surface area contributed by atoms with Gasteiger partial charge in [0.25, 0.3) is 0 Å². The third-order valence-corrected chi connectivity index (χ3v) is 3.26. The van der Waals surface area contributed by atoms with Crippen LogP contribution in [0.5, 0.6) is 5.75 Å². The van der Waals surface area contributed by atoms with E-state index in [1.54, 1.807) is 24.3 Å². The Balaban J connectivity index is 2.45. The molecule has 0 radical (unpaired) electrons. The van der Waals surface area contributed by atoms with Crippen LogP contribution < -0.4 is 4.74 Å². The van der Waals surface area contributed by atoms with Crippen molar-refractivity contribution in [2.45, 2.75) is 12.2 Å². The molecule has 0 fully saturated rings. The van der Waals surface area contributed by atoms with Gasteiger partial charge in [-0.2, -0.15) is 0 Å². The fraction of sp³-hybridized carbons (Fsp3) is 0.143. The molecule has 106 valence electrons. The van der Waals surface area contributed by atoms with Crippen molar-refractivity contribution >= 4 is 23.2 Å². The van der Waals surface area contributed by atoms with E-state index in [1.165, 1.54) is 18.2 Å². The van der Waals surface area contributed by atoms with Crippen LogP contribution in [-0.4, -0.2) is 6.36 Å². The first-order chi connectivity index (χ1) is 9.40. The summed E-state index contributed by atoms with van der Waals surface area (Å²) in [5.74, 6) is -0.0329. The SMILES string of the molecule is FC(F)(F)Oc1ccccc1-c1ccc(CCl)c(Cl)c1. The summed E-state index contributed by atoms with van der Waals surface area (Å²) in [5, 5.41) is 0.402. The van der Waals surface area contributed by atoms with E-state index in [1.807, 2.05) is 0 Å². The van der Waals surface area contributed by atoms with Crippen molar-refractivity contribution in [3.63, 3.8) is 0 Å². The lowest BCUT2D eigenvalue weighted by atomic mass is 10.0. The van der Waals surface area contributed by atoms with Gasteiger partial charge in [0, 0.05) is 16.5 Å². The standard InChI is InChI=1S/C14H9Cl2F3O/c15-8-10-6-5-9(7-12(10)16)11-3-1-2-4-13(11)20-14(17,18)19/h1-7H,8H2. The molecule has 2 rings (SSSR count). The Morgan fingerprint density at radius 2 is 1.75 bits per heavy atom. The van der Waals surface area contributed by atoms with Crippen molar-refractivity contribution in [1.82, 2.24) is 0 Å². The lowest BCUT2D eigenvalue weighted by Crippen LogP contribution is -2.17. The van der Waals surface area contributed by atoms with Gasteiger partial charge in [-0.15, -0.1) is 24.8 Å². The van der Waals surface area contributed by atoms with Crippen LogP contribution in [0.2, 0.25) is 5.02 Å². The Hall–Kier alpha value is -1.39. The molecule has 0 aliphatic rings. The van der Waals surface area contributed by atoms with E-state index in [0.717, 1.165) is 0 Å². The third kappa shape index (κ3) is 3.58. The van der Waals surface area contributed by atoms with Gasteiger partial charge in [-0.05, 0) is 23.3 Å². The zero-order chi connectivity index (χ0) is 14.8. The van der Waals surface area contributed by atoms with E-state index in [2.05, 4.69) is 4.74 Å². The first-order valence-electron chi connectivity index (χ1n) is 5.60. The predicted molar refractivity (Wildman–Crippen MR) is 73.1 cm³/mol. The molecule has 2 aromatic carbocycles. The first kappa shape index (κ1) is 15.0. The maximum absolute atomic E-state index is 12.4. The van der Waals surface area contributed by atoms with Crippen LogP contribution in [-0.2, 0) is 5.88 Å². The molecule has 0 saturated heterocycles. The van der Waals surface area contributed by atoms with E-state index >= 15 is 0 Å². The van der Waals surface area contributed by atoms with Crippen molar-refractivity contribution in [2.24, 2.45) is 0 Å². The number of rotatable bonds is 3. The second-order valence-corrected chi connectivity index (χ2v) is 4.66. The fourth-order valence-corrected chi connectivity index (χ4v) is 2.29. The van der Waals surface area contributed by atoms with Crippen molar-refractivity contribution < 1.29 is 17.9 Å². The van der Waals surface area contributed by atoms with Crippen LogP contribution in [0.25, 0.3) is 11.1 Å². The quantitative estimate of drug-likeness (QED) is 0.664. The molecule has 0 amide bonds. The van der Waals surface area contributed by atoms with Crippen LogP contribution in [0.4, 0.5) is 13.2 Å². The highest BCUT2D eigenvalue weighted by atomic mass is 35.5. The monoisotopic (exact) mass is 320 g/mol. The summed E-state index contributed by atoms with van der Waals surface area (Å²) in [4.78, 5) is 0. The number of hydrogen-bond acceptors (Lipinski definition) is 1. The van der Waals surface area contributed by atoms with Crippen molar-refractivity contribution in [3.8, 4) is 16.9 Å². The van der Waals surface area contributed by atoms with Gasteiger partial charge in [0.1, 0.15) is 5.75 Å². The average Bonchev–Trinajstić information content (AvgIpc) is 2.37. The molecule has 6 heteroatoms. The summed E-state index contributed by atoms with van der Waals surface area (Å²) in [7, 11) is 0. The number of benzene rings is 2. The molecule has 0 aliphatic heterocycles. The Bertz CT molecular complexity index is 612. The van der Waals surface area contributed by atoms with Gasteiger partial charge in [-0.25, -0.2) is 0 Å². The molecular weight excluding hydrogens is 312 g/mol. The second kappa shape index (κ2) is 5.94. The van der Waals surface area contributed by atoms with Crippen LogP contribution in [0.1, 0.15) is 5.56 Å². The van der Waals surface area contributed by atoms with Gasteiger partial charge in [0.2, 0.25) is 0 Å². The molecule has 0 aromatic heterocycles. The summed E-state index contributed by atoms with van der Waals surface area (Å²) < 4.78 is 41.1.